The Balaban J connectivity index is 2.18. The molecule has 2 heterocycles. The number of nitrogens with zero attached hydrogens (tertiary/aromatic N) is 3. The SMILES string of the molecule is COC(=O)CC1CCCCN1c1cccc(C#N)n1. The quantitative estimate of drug-likeness (QED) is 0.775. The molecule has 5 nitrogen and oxygen atoms in total. The van der Waals surface area contributed by atoms with E-state index in [9.17, 15) is 4.79 Å². The lowest BCUT2D eigenvalue weighted by Gasteiger charge is -2.36. The van der Waals surface area contributed by atoms with Gasteiger partial charge in [-0.1, -0.05) is 6.07 Å². The molecule has 1 saturated heterocycles. The molecular formula is C14H17N3O2. The second-order valence-corrected chi connectivity index (χ2v) is 4.62. The number of rotatable bonds is 3. The third kappa shape index (κ3) is 3.22. The third-order valence-electron chi connectivity index (χ3n) is 3.40. The van der Waals surface area contributed by atoms with Gasteiger partial charge in [-0.15, -0.1) is 0 Å². The fourth-order valence-corrected chi connectivity index (χ4v) is 2.44. The van der Waals surface area contributed by atoms with Crippen molar-refractivity contribution in [2.24, 2.45) is 0 Å². The van der Waals surface area contributed by atoms with Crippen LogP contribution >= 0.6 is 0 Å². The van der Waals surface area contributed by atoms with Crippen molar-refractivity contribution < 1.29 is 9.53 Å². The van der Waals surface area contributed by atoms with Crippen molar-refractivity contribution in [3.8, 4) is 6.07 Å². The van der Waals surface area contributed by atoms with Crippen LogP contribution in [0.4, 0.5) is 5.82 Å². The maximum Gasteiger partial charge on any atom is 0.307 e. The van der Waals surface area contributed by atoms with Gasteiger partial charge in [0.25, 0.3) is 0 Å². The fourth-order valence-electron chi connectivity index (χ4n) is 2.44. The smallest absolute Gasteiger partial charge is 0.307 e. The Morgan fingerprint density at radius 1 is 1.58 bits per heavy atom. The molecule has 100 valence electrons. The Morgan fingerprint density at radius 2 is 2.42 bits per heavy atom. The van der Waals surface area contributed by atoms with Crippen LogP contribution in [0.5, 0.6) is 0 Å². The van der Waals surface area contributed by atoms with E-state index >= 15 is 0 Å². The monoisotopic (exact) mass is 259 g/mol. The summed E-state index contributed by atoms with van der Waals surface area (Å²) < 4.78 is 4.74. The lowest BCUT2D eigenvalue weighted by molar-refractivity contribution is -0.141. The van der Waals surface area contributed by atoms with E-state index in [1.54, 1.807) is 6.07 Å². The highest BCUT2D eigenvalue weighted by atomic mass is 16.5. The van der Waals surface area contributed by atoms with Crippen molar-refractivity contribution in [2.75, 3.05) is 18.6 Å². The van der Waals surface area contributed by atoms with Crippen LogP contribution in [0.2, 0.25) is 0 Å². The second-order valence-electron chi connectivity index (χ2n) is 4.62. The summed E-state index contributed by atoms with van der Waals surface area (Å²) in [6.45, 7) is 0.865. The Bertz CT molecular complexity index is 496. The third-order valence-corrected chi connectivity index (χ3v) is 3.40. The standard InChI is InChI=1S/C14H17N3O2/c1-19-14(18)9-12-6-2-3-8-17(12)13-7-4-5-11(10-15)16-13/h4-5,7,12H,2-3,6,8-9H2,1H3. The van der Waals surface area contributed by atoms with E-state index in [-0.39, 0.29) is 12.0 Å². The molecule has 1 aliphatic heterocycles. The van der Waals surface area contributed by atoms with Gasteiger partial charge in [-0.3, -0.25) is 4.79 Å². The number of nitriles is 1. The molecule has 2 rings (SSSR count). The number of ether oxygens (including phenoxy) is 1. The minimum absolute atomic E-state index is 0.114. The minimum atomic E-state index is -0.201. The lowest BCUT2D eigenvalue weighted by Crippen LogP contribution is -2.41. The molecule has 0 N–H and O–H groups in total. The lowest BCUT2D eigenvalue weighted by atomic mass is 9.99. The summed E-state index contributed by atoms with van der Waals surface area (Å²) in [6, 6.07) is 7.55. The topological polar surface area (TPSA) is 66.2 Å². The van der Waals surface area contributed by atoms with Crippen molar-refractivity contribution in [3.05, 3.63) is 23.9 Å². The van der Waals surface area contributed by atoms with Gasteiger partial charge in [0.15, 0.2) is 0 Å². The molecule has 0 radical (unpaired) electrons. The average molecular weight is 259 g/mol. The number of methoxy groups -OCH3 is 1. The van der Waals surface area contributed by atoms with Gasteiger partial charge >= 0.3 is 5.97 Å². The van der Waals surface area contributed by atoms with Gasteiger partial charge in [0.05, 0.1) is 13.5 Å². The molecule has 1 atom stereocenters. The van der Waals surface area contributed by atoms with Crippen LogP contribution < -0.4 is 4.90 Å². The second kappa shape index (κ2) is 6.19. The van der Waals surface area contributed by atoms with Crippen LogP contribution in [0.3, 0.4) is 0 Å². The Hall–Kier alpha value is -2.09. The molecule has 0 saturated carbocycles. The first kappa shape index (κ1) is 13.3. The number of pyridine rings is 1. The van der Waals surface area contributed by atoms with Gasteiger partial charge in [0, 0.05) is 12.6 Å². The highest BCUT2D eigenvalue weighted by Crippen LogP contribution is 2.25. The predicted molar refractivity (Wildman–Crippen MR) is 70.6 cm³/mol. The molecule has 0 aromatic carbocycles. The number of esters is 1. The summed E-state index contributed by atoms with van der Waals surface area (Å²) in [7, 11) is 1.41. The first-order valence-electron chi connectivity index (χ1n) is 6.45. The number of piperidine rings is 1. The Labute approximate surface area is 112 Å². The highest BCUT2D eigenvalue weighted by Gasteiger charge is 2.26. The summed E-state index contributed by atoms with van der Waals surface area (Å²) in [4.78, 5) is 17.9. The molecule has 0 aliphatic carbocycles. The predicted octanol–water partition coefficient (Wildman–Crippen LogP) is 1.88. The number of hydrogen-bond acceptors (Lipinski definition) is 5. The van der Waals surface area contributed by atoms with Gasteiger partial charge in [-0.05, 0) is 31.4 Å². The zero-order valence-corrected chi connectivity index (χ0v) is 11.0. The summed E-state index contributed by atoms with van der Waals surface area (Å²) in [6.07, 6.45) is 3.51. The van der Waals surface area contributed by atoms with Crippen molar-refractivity contribution in [3.63, 3.8) is 0 Å². The van der Waals surface area contributed by atoms with Crippen LogP contribution in [-0.2, 0) is 9.53 Å². The largest absolute Gasteiger partial charge is 0.469 e. The van der Waals surface area contributed by atoms with E-state index in [1.165, 1.54) is 7.11 Å². The van der Waals surface area contributed by atoms with Gasteiger partial charge in [0.2, 0.25) is 0 Å². The number of anilines is 1. The van der Waals surface area contributed by atoms with Crippen LogP contribution in [0.1, 0.15) is 31.4 Å². The number of carbonyl (C=O) groups excluding carboxylic acids is 1. The Kier molecular flexibility index (Phi) is 4.35. The number of aromatic nitrogens is 1. The highest BCUT2D eigenvalue weighted by molar-refractivity contribution is 5.70. The van der Waals surface area contributed by atoms with Crippen molar-refractivity contribution >= 4 is 11.8 Å². The molecular weight excluding hydrogens is 242 g/mol. The van der Waals surface area contributed by atoms with Gasteiger partial charge in [-0.2, -0.15) is 5.26 Å². The molecule has 1 unspecified atom stereocenters. The van der Waals surface area contributed by atoms with E-state index in [0.717, 1.165) is 31.6 Å². The zero-order valence-electron chi connectivity index (χ0n) is 11.0. The summed E-state index contributed by atoms with van der Waals surface area (Å²) in [5, 5.41) is 8.90. The Morgan fingerprint density at radius 3 is 3.16 bits per heavy atom. The van der Waals surface area contributed by atoms with Crippen molar-refractivity contribution in [2.45, 2.75) is 31.7 Å². The summed E-state index contributed by atoms with van der Waals surface area (Å²) in [5.41, 5.74) is 0.403. The summed E-state index contributed by atoms with van der Waals surface area (Å²) >= 11 is 0. The summed E-state index contributed by atoms with van der Waals surface area (Å²) in [5.74, 6) is 0.570. The van der Waals surface area contributed by atoms with Crippen LogP contribution in [-0.4, -0.2) is 30.6 Å². The molecule has 0 amide bonds. The van der Waals surface area contributed by atoms with Crippen molar-refractivity contribution in [1.29, 1.82) is 5.26 Å². The van der Waals surface area contributed by atoms with E-state index in [0.29, 0.717) is 12.1 Å². The minimum Gasteiger partial charge on any atom is -0.469 e. The van der Waals surface area contributed by atoms with Gasteiger partial charge in [-0.25, -0.2) is 4.98 Å². The molecule has 1 aromatic heterocycles. The van der Waals surface area contributed by atoms with E-state index in [2.05, 4.69) is 9.88 Å². The van der Waals surface area contributed by atoms with E-state index in [1.807, 2.05) is 18.2 Å². The van der Waals surface area contributed by atoms with E-state index in [4.69, 9.17) is 10.00 Å². The average Bonchev–Trinajstić information content (AvgIpc) is 2.47. The van der Waals surface area contributed by atoms with Gasteiger partial charge < -0.3 is 9.64 Å². The van der Waals surface area contributed by atoms with Gasteiger partial charge in [0.1, 0.15) is 17.6 Å². The molecule has 19 heavy (non-hydrogen) atoms. The molecule has 1 fully saturated rings. The first-order chi connectivity index (χ1) is 9.24. The normalized spacial score (nSPS) is 18.7. The maximum absolute atomic E-state index is 11.5. The molecule has 1 aliphatic rings. The number of carbonyl (C=O) groups is 1. The molecule has 1 aromatic rings. The first-order valence-corrected chi connectivity index (χ1v) is 6.45. The van der Waals surface area contributed by atoms with E-state index < -0.39 is 0 Å². The molecule has 0 spiro atoms. The van der Waals surface area contributed by atoms with Crippen molar-refractivity contribution in [1.82, 2.24) is 4.98 Å². The maximum atomic E-state index is 11.5. The molecule has 0 bridgehead atoms. The fraction of sp³-hybridized carbons (Fsp3) is 0.500. The van der Waals surface area contributed by atoms with Crippen LogP contribution in [0.25, 0.3) is 0 Å². The zero-order chi connectivity index (χ0) is 13.7. The van der Waals surface area contributed by atoms with Crippen LogP contribution in [0.15, 0.2) is 18.2 Å². The van der Waals surface area contributed by atoms with Crippen LogP contribution in [0, 0.1) is 11.3 Å². The number of hydrogen-bond donors (Lipinski definition) is 0. The molecule has 5 heteroatoms.